The standard InChI is InChI=1S/C18H22N2O3/c1-12-6-4-7-13(2)20(12)18(21)16-11-17(23-19-16)14-8-5-9-15(10-14)22-3/h5,8-13H,4,6-7H2,1-3H3/t12-,13-/m1/s1. The number of likely N-dealkylation sites (tertiary alicyclic amines) is 1. The van der Waals surface area contributed by atoms with Gasteiger partial charge in [-0.3, -0.25) is 4.79 Å². The van der Waals surface area contributed by atoms with Gasteiger partial charge in [-0.1, -0.05) is 17.3 Å². The van der Waals surface area contributed by atoms with Crippen LogP contribution in [-0.4, -0.2) is 35.2 Å². The van der Waals surface area contributed by atoms with Crippen LogP contribution in [0.5, 0.6) is 5.75 Å². The second kappa shape index (κ2) is 6.44. The lowest BCUT2D eigenvalue weighted by molar-refractivity contribution is 0.0500. The van der Waals surface area contributed by atoms with Crippen molar-refractivity contribution in [3.05, 3.63) is 36.0 Å². The number of carbonyl (C=O) groups is 1. The topological polar surface area (TPSA) is 55.6 Å². The first kappa shape index (κ1) is 15.6. The lowest BCUT2D eigenvalue weighted by atomic mass is 9.97. The Kier molecular flexibility index (Phi) is 4.37. The van der Waals surface area contributed by atoms with Crippen LogP contribution in [-0.2, 0) is 0 Å². The Morgan fingerprint density at radius 1 is 1.26 bits per heavy atom. The molecule has 5 nitrogen and oxygen atoms in total. The van der Waals surface area contributed by atoms with Crippen molar-refractivity contribution >= 4 is 5.91 Å². The minimum Gasteiger partial charge on any atom is -0.497 e. The van der Waals surface area contributed by atoms with Crippen molar-refractivity contribution in [2.45, 2.75) is 45.2 Å². The van der Waals surface area contributed by atoms with E-state index in [4.69, 9.17) is 9.26 Å². The summed E-state index contributed by atoms with van der Waals surface area (Å²) in [5, 5.41) is 3.99. The van der Waals surface area contributed by atoms with E-state index < -0.39 is 0 Å². The molecule has 0 N–H and O–H groups in total. The van der Waals surface area contributed by atoms with Crippen molar-refractivity contribution in [2.75, 3.05) is 7.11 Å². The summed E-state index contributed by atoms with van der Waals surface area (Å²) < 4.78 is 10.6. The Morgan fingerprint density at radius 2 is 2.00 bits per heavy atom. The fraction of sp³-hybridized carbons (Fsp3) is 0.444. The summed E-state index contributed by atoms with van der Waals surface area (Å²) in [5.41, 5.74) is 1.21. The van der Waals surface area contributed by atoms with Gasteiger partial charge in [0.25, 0.3) is 5.91 Å². The van der Waals surface area contributed by atoms with Crippen LogP contribution in [0, 0.1) is 0 Å². The van der Waals surface area contributed by atoms with Gasteiger partial charge in [-0.05, 0) is 45.2 Å². The predicted octanol–water partition coefficient (Wildman–Crippen LogP) is 3.75. The van der Waals surface area contributed by atoms with E-state index in [-0.39, 0.29) is 18.0 Å². The van der Waals surface area contributed by atoms with Gasteiger partial charge >= 0.3 is 0 Å². The maximum Gasteiger partial charge on any atom is 0.276 e. The molecule has 0 saturated carbocycles. The Hall–Kier alpha value is -2.30. The van der Waals surface area contributed by atoms with Crippen LogP contribution in [0.3, 0.4) is 0 Å². The minimum atomic E-state index is -0.0532. The molecule has 1 amide bonds. The number of hydrogen-bond donors (Lipinski definition) is 0. The molecule has 2 aromatic rings. The summed E-state index contributed by atoms with van der Waals surface area (Å²) in [6.07, 6.45) is 3.24. The number of amides is 1. The zero-order valence-electron chi connectivity index (χ0n) is 13.8. The molecular weight excluding hydrogens is 292 g/mol. The molecule has 0 bridgehead atoms. The number of ether oxygens (including phenoxy) is 1. The monoisotopic (exact) mass is 314 g/mol. The average Bonchev–Trinajstić information content (AvgIpc) is 3.04. The minimum absolute atomic E-state index is 0.0532. The number of piperidine rings is 1. The van der Waals surface area contributed by atoms with Crippen LogP contribution in [0.2, 0.25) is 0 Å². The molecule has 2 atom stereocenters. The third-order valence-corrected chi connectivity index (χ3v) is 4.51. The zero-order chi connectivity index (χ0) is 16.4. The third kappa shape index (κ3) is 3.09. The van der Waals surface area contributed by atoms with Gasteiger partial charge in [0.05, 0.1) is 7.11 Å². The highest BCUT2D eigenvalue weighted by Gasteiger charge is 2.31. The van der Waals surface area contributed by atoms with Gasteiger partial charge in [0, 0.05) is 23.7 Å². The van der Waals surface area contributed by atoms with Gasteiger partial charge in [-0.25, -0.2) is 0 Å². The molecule has 0 radical (unpaired) electrons. The number of benzene rings is 1. The number of nitrogens with zero attached hydrogens (tertiary/aromatic N) is 2. The van der Waals surface area contributed by atoms with Crippen LogP contribution in [0.25, 0.3) is 11.3 Å². The normalized spacial score (nSPS) is 21.3. The molecule has 0 aliphatic carbocycles. The van der Waals surface area contributed by atoms with E-state index in [9.17, 15) is 4.79 Å². The fourth-order valence-corrected chi connectivity index (χ4v) is 3.24. The average molecular weight is 314 g/mol. The van der Waals surface area contributed by atoms with E-state index >= 15 is 0 Å². The summed E-state index contributed by atoms with van der Waals surface area (Å²) in [5.74, 6) is 1.26. The summed E-state index contributed by atoms with van der Waals surface area (Å²) >= 11 is 0. The van der Waals surface area contributed by atoms with Gasteiger partial charge < -0.3 is 14.2 Å². The highest BCUT2D eigenvalue weighted by Crippen LogP contribution is 2.27. The molecule has 5 heteroatoms. The highest BCUT2D eigenvalue weighted by atomic mass is 16.5. The zero-order valence-corrected chi connectivity index (χ0v) is 13.8. The largest absolute Gasteiger partial charge is 0.497 e. The quantitative estimate of drug-likeness (QED) is 0.865. The predicted molar refractivity (Wildman–Crippen MR) is 87.4 cm³/mol. The molecule has 0 spiro atoms. The Balaban J connectivity index is 1.84. The number of aromatic nitrogens is 1. The van der Waals surface area contributed by atoms with Crippen LogP contribution >= 0.6 is 0 Å². The first-order chi connectivity index (χ1) is 11.1. The molecule has 1 aliphatic rings. The Morgan fingerprint density at radius 3 is 2.70 bits per heavy atom. The maximum absolute atomic E-state index is 12.8. The fourth-order valence-electron chi connectivity index (χ4n) is 3.24. The van der Waals surface area contributed by atoms with Crippen LogP contribution < -0.4 is 4.74 Å². The number of methoxy groups -OCH3 is 1. The first-order valence-electron chi connectivity index (χ1n) is 8.04. The van der Waals surface area contributed by atoms with Crippen molar-refractivity contribution < 1.29 is 14.1 Å². The first-order valence-corrected chi connectivity index (χ1v) is 8.04. The molecule has 1 saturated heterocycles. The molecule has 1 aromatic heterocycles. The summed E-state index contributed by atoms with van der Waals surface area (Å²) in [6, 6.07) is 9.71. The molecule has 2 heterocycles. The Labute approximate surface area is 136 Å². The van der Waals surface area contributed by atoms with Gasteiger partial charge in [-0.15, -0.1) is 0 Å². The molecule has 23 heavy (non-hydrogen) atoms. The molecule has 122 valence electrons. The molecular formula is C18H22N2O3. The van der Waals surface area contributed by atoms with Crippen LogP contribution in [0.15, 0.2) is 34.9 Å². The van der Waals surface area contributed by atoms with E-state index in [2.05, 4.69) is 19.0 Å². The molecule has 1 fully saturated rings. The van der Waals surface area contributed by atoms with Crippen molar-refractivity contribution in [1.29, 1.82) is 0 Å². The van der Waals surface area contributed by atoms with E-state index in [1.165, 1.54) is 6.42 Å². The van der Waals surface area contributed by atoms with Crippen LogP contribution in [0.1, 0.15) is 43.6 Å². The smallest absolute Gasteiger partial charge is 0.276 e. The second-order valence-electron chi connectivity index (χ2n) is 6.15. The SMILES string of the molecule is COc1cccc(-c2cc(C(=O)N3[C@H](C)CCC[C@H]3C)no2)c1. The van der Waals surface area contributed by atoms with Gasteiger partial charge in [0.1, 0.15) is 5.75 Å². The highest BCUT2D eigenvalue weighted by molar-refractivity contribution is 5.93. The van der Waals surface area contributed by atoms with Crippen LogP contribution in [0.4, 0.5) is 0 Å². The van der Waals surface area contributed by atoms with Crippen molar-refractivity contribution in [3.63, 3.8) is 0 Å². The van der Waals surface area contributed by atoms with E-state index in [0.717, 1.165) is 24.2 Å². The molecule has 3 rings (SSSR count). The molecule has 0 unspecified atom stereocenters. The summed E-state index contributed by atoms with van der Waals surface area (Å²) in [7, 11) is 1.62. The molecule has 1 aromatic carbocycles. The van der Waals surface area contributed by atoms with Gasteiger partial charge in [0.2, 0.25) is 0 Å². The van der Waals surface area contributed by atoms with E-state index in [1.807, 2.05) is 29.2 Å². The molecule has 1 aliphatic heterocycles. The van der Waals surface area contributed by atoms with Gasteiger partial charge in [-0.2, -0.15) is 0 Å². The van der Waals surface area contributed by atoms with E-state index in [1.54, 1.807) is 13.2 Å². The van der Waals surface area contributed by atoms with Crippen molar-refractivity contribution in [1.82, 2.24) is 10.1 Å². The van der Waals surface area contributed by atoms with Crippen molar-refractivity contribution in [3.8, 4) is 17.1 Å². The van der Waals surface area contributed by atoms with E-state index in [0.29, 0.717) is 11.5 Å². The van der Waals surface area contributed by atoms with Crippen molar-refractivity contribution in [2.24, 2.45) is 0 Å². The number of hydrogen-bond acceptors (Lipinski definition) is 4. The van der Waals surface area contributed by atoms with Gasteiger partial charge in [0.15, 0.2) is 11.5 Å². The number of carbonyl (C=O) groups excluding carboxylic acids is 1. The lowest BCUT2D eigenvalue weighted by Gasteiger charge is -2.38. The maximum atomic E-state index is 12.8. The second-order valence-corrected chi connectivity index (χ2v) is 6.15. The third-order valence-electron chi connectivity index (χ3n) is 4.51. The number of rotatable bonds is 3. The summed E-state index contributed by atoms with van der Waals surface area (Å²) in [4.78, 5) is 14.7. The Bertz CT molecular complexity index is 685. The summed E-state index contributed by atoms with van der Waals surface area (Å²) in [6.45, 7) is 4.19. The lowest BCUT2D eigenvalue weighted by Crippen LogP contribution is -2.47.